The highest BCUT2D eigenvalue weighted by molar-refractivity contribution is 14.1. The van der Waals surface area contributed by atoms with Gasteiger partial charge in [-0.15, -0.1) is 0 Å². The summed E-state index contributed by atoms with van der Waals surface area (Å²) in [6.07, 6.45) is 0.890. The van der Waals surface area contributed by atoms with Gasteiger partial charge in [0.15, 0.2) is 0 Å². The van der Waals surface area contributed by atoms with Gasteiger partial charge in [0.25, 0.3) is 5.69 Å². The molecule has 6 nitrogen and oxygen atoms in total. The quantitative estimate of drug-likeness (QED) is 0.464. The van der Waals surface area contributed by atoms with E-state index in [2.05, 4.69) is 5.32 Å². The Bertz CT molecular complexity index is 520. The molecule has 1 aliphatic rings. The van der Waals surface area contributed by atoms with Crippen molar-refractivity contribution < 1.29 is 19.2 Å². The van der Waals surface area contributed by atoms with E-state index in [1.54, 1.807) is 22.6 Å². The number of aliphatic hydroxyl groups is 1. The number of hydrogen-bond donors (Lipinski definition) is 2. The zero-order valence-electron chi connectivity index (χ0n) is 10.6. The molecule has 1 fully saturated rings. The van der Waals surface area contributed by atoms with E-state index >= 15 is 0 Å². The van der Waals surface area contributed by atoms with Gasteiger partial charge in [0.2, 0.25) is 0 Å². The van der Waals surface area contributed by atoms with Crippen LogP contribution in [0.4, 0.5) is 15.8 Å². The average molecular weight is 396 g/mol. The van der Waals surface area contributed by atoms with Crippen molar-refractivity contribution in [1.82, 2.24) is 0 Å². The molecule has 1 aromatic carbocycles. The van der Waals surface area contributed by atoms with E-state index in [-0.39, 0.29) is 21.5 Å². The lowest BCUT2D eigenvalue weighted by Gasteiger charge is -2.32. The van der Waals surface area contributed by atoms with Crippen LogP contribution in [0.15, 0.2) is 12.1 Å². The molecule has 1 aliphatic heterocycles. The summed E-state index contributed by atoms with van der Waals surface area (Å²) in [5.74, 6) is -0.530. The average Bonchev–Trinajstić information content (AvgIpc) is 2.40. The molecule has 0 aliphatic carbocycles. The van der Waals surface area contributed by atoms with Gasteiger partial charge in [-0.25, -0.2) is 4.39 Å². The lowest BCUT2D eigenvalue weighted by Crippen LogP contribution is -2.42. The first-order chi connectivity index (χ1) is 9.41. The van der Waals surface area contributed by atoms with Crippen molar-refractivity contribution in [3.8, 4) is 0 Å². The smallest absolute Gasteiger partial charge is 0.293 e. The number of rotatable bonds is 4. The zero-order chi connectivity index (χ0) is 14.8. The zero-order valence-corrected chi connectivity index (χ0v) is 12.7. The molecule has 2 N–H and O–H groups in total. The van der Waals surface area contributed by atoms with Crippen molar-refractivity contribution >= 4 is 34.0 Å². The summed E-state index contributed by atoms with van der Waals surface area (Å²) < 4.78 is 18.9. The van der Waals surface area contributed by atoms with E-state index < -0.39 is 16.3 Å². The van der Waals surface area contributed by atoms with Crippen LogP contribution in [0, 0.1) is 19.5 Å². The van der Waals surface area contributed by atoms with Crippen LogP contribution in [0.1, 0.15) is 12.8 Å². The second-order valence-corrected chi connectivity index (χ2v) is 5.89. The second kappa shape index (κ2) is 6.19. The second-order valence-electron chi connectivity index (χ2n) is 4.73. The van der Waals surface area contributed by atoms with Gasteiger partial charge >= 0.3 is 0 Å². The minimum atomic E-state index is -0.981. The molecule has 0 spiro atoms. The molecule has 1 saturated heterocycles. The molecule has 2 rings (SSSR count). The standard InChI is InChI=1S/C12H14FIN2O4/c13-8-5-10(11(16(18)19)6-9(8)14)15-7-12(17)1-3-20-4-2-12/h5-6,15,17H,1-4,7H2. The van der Waals surface area contributed by atoms with Crippen LogP contribution in [-0.4, -0.2) is 35.4 Å². The van der Waals surface area contributed by atoms with Gasteiger partial charge in [-0.3, -0.25) is 10.1 Å². The molecule has 0 bridgehead atoms. The Morgan fingerprint density at radius 2 is 2.15 bits per heavy atom. The molecule has 0 saturated carbocycles. The fourth-order valence-electron chi connectivity index (χ4n) is 2.02. The molecule has 1 heterocycles. The summed E-state index contributed by atoms with van der Waals surface area (Å²) in [6, 6.07) is 2.26. The van der Waals surface area contributed by atoms with Gasteiger partial charge in [-0.2, -0.15) is 0 Å². The predicted octanol–water partition coefficient (Wildman–Crippen LogP) is 2.29. The molecule has 20 heavy (non-hydrogen) atoms. The SMILES string of the molecule is O=[N+]([O-])c1cc(I)c(F)cc1NCC1(O)CCOCC1. The van der Waals surface area contributed by atoms with Crippen LogP contribution in [0.25, 0.3) is 0 Å². The molecule has 0 unspecified atom stereocenters. The Balaban J connectivity index is 2.16. The number of anilines is 1. The Kier molecular flexibility index (Phi) is 4.76. The van der Waals surface area contributed by atoms with E-state index in [9.17, 15) is 19.6 Å². The van der Waals surface area contributed by atoms with Crippen LogP contribution >= 0.6 is 22.6 Å². The number of halogens is 2. The van der Waals surface area contributed by atoms with E-state index in [4.69, 9.17) is 4.74 Å². The summed E-state index contributed by atoms with van der Waals surface area (Å²) in [6.45, 7) is 1.01. The molecular weight excluding hydrogens is 382 g/mol. The molecular formula is C12H14FIN2O4. The molecule has 8 heteroatoms. The van der Waals surface area contributed by atoms with Gasteiger partial charge in [0, 0.05) is 44.7 Å². The third-order valence-electron chi connectivity index (χ3n) is 3.27. The Labute approximate surface area is 128 Å². The molecule has 1 aromatic rings. The summed E-state index contributed by atoms with van der Waals surface area (Å²) >= 11 is 1.70. The van der Waals surface area contributed by atoms with Crippen LogP contribution in [0.3, 0.4) is 0 Å². The molecule has 0 aromatic heterocycles. The highest BCUT2D eigenvalue weighted by Gasteiger charge is 2.30. The maximum atomic E-state index is 13.5. The van der Waals surface area contributed by atoms with Crippen molar-refractivity contribution in [1.29, 1.82) is 0 Å². The van der Waals surface area contributed by atoms with Gasteiger partial charge in [-0.05, 0) is 22.6 Å². The van der Waals surface area contributed by atoms with E-state index in [0.717, 1.165) is 6.07 Å². The predicted molar refractivity (Wildman–Crippen MR) is 79.3 cm³/mol. The lowest BCUT2D eigenvalue weighted by atomic mass is 9.94. The van der Waals surface area contributed by atoms with Gasteiger partial charge < -0.3 is 15.2 Å². The highest BCUT2D eigenvalue weighted by Crippen LogP contribution is 2.30. The van der Waals surface area contributed by atoms with Crippen molar-refractivity contribution in [3.05, 3.63) is 31.6 Å². The topological polar surface area (TPSA) is 84.6 Å². The fourth-order valence-corrected chi connectivity index (χ4v) is 2.47. The Morgan fingerprint density at radius 1 is 1.50 bits per heavy atom. The third kappa shape index (κ3) is 3.55. The first-order valence-electron chi connectivity index (χ1n) is 6.09. The summed E-state index contributed by atoms with van der Waals surface area (Å²) in [7, 11) is 0. The normalized spacial score (nSPS) is 17.8. The van der Waals surface area contributed by atoms with E-state index in [1.165, 1.54) is 6.07 Å². The number of nitro benzene ring substituents is 1. The first-order valence-corrected chi connectivity index (χ1v) is 7.17. The Hall–Kier alpha value is -1.00. The molecule has 0 radical (unpaired) electrons. The van der Waals surface area contributed by atoms with Gasteiger partial charge in [0.1, 0.15) is 11.5 Å². The fraction of sp³-hybridized carbons (Fsp3) is 0.500. The summed E-state index contributed by atoms with van der Waals surface area (Å²) in [5.41, 5.74) is -1.11. The minimum absolute atomic E-state index is 0.0767. The highest BCUT2D eigenvalue weighted by atomic mass is 127. The minimum Gasteiger partial charge on any atom is -0.388 e. The molecule has 0 amide bonds. The number of nitrogens with one attached hydrogen (secondary N) is 1. The van der Waals surface area contributed by atoms with Gasteiger partial charge in [-0.1, -0.05) is 0 Å². The first kappa shape index (κ1) is 15.4. The van der Waals surface area contributed by atoms with Crippen LogP contribution < -0.4 is 5.32 Å². The maximum absolute atomic E-state index is 13.5. The molecule has 0 atom stereocenters. The number of hydrogen-bond acceptors (Lipinski definition) is 5. The van der Waals surface area contributed by atoms with Gasteiger partial charge in [0.05, 0.1) is 14.1 Å². The third-order valence-corrected chi connectivity index (χ3v) is 4.09. The van der Waals surface area contributed by atoms with Crippen molar-refractivity contribution in [3.63, 3.8) is 0 Å². The molecule has 110 valence electrons. The van der Waals surface area contributed by atoms with Crippen LogP contribution in [-0.2, 0) is 4.74 Å². The summed E-state index contributed by atoms with van der Waals surface area (Å²) in [5, 5.41) is 24.0. The lowest BCUT2D eigenvalue weighted by molar-refractivity contribution is -0.384. The van der Waals surface area contributed by atoms with E-state index in [0.29, 0.717) is 26.1 Å². The van der Waals surface area contributed by atoms with Crippen molar-refractivity contribution in [2.75, 3.05) is 25.1 Å². The monoisotopic (exact) mass is 396 g/mol. The number of ether oxygens (including phenoxy) is 1. The number of nitro groups is 1. The van der Waals surface area contributed by atoms with Crippen molar-refractivity contribution in [2.45, 2.75) is 18.4 Å². The largest absolute Gasteiger partial charge is 0.388 e. The van der Waals surface area contributed by atoms with Crippen LogP contribution in [0.2, 0.25) is 0 Å². The number of benzene rings is 1. The number of nitrogens with zero attached hydrogens (tertiary/aromatic N) is 1. The maximum Gasteiger partial charge on any atom is 0.293 e. The van der Waals surface area contributed by atoms with Crippen molar-refractivity contribution in [2.24, 2.45) is 0 Å². The van der Waals surface area contributed by atoms with E-state index in [1.807, 2.05) is 0 Å². The van der Waals surface area contributed by atoms with Crippen LogP contribution in [0.5, 0.6) is 0 Å². The summed E-state index contributed by atoms with van der Waals surface area (Å²) in [4.78, 5) is 10.4. The Morgan fingerprint density at radius 3 is 2.75 bits per heavy atom.